The van der Waals surface area contributed by atoms with Crippen LogP contribution in [0, 0.1) is 17.8 Å². The predicted octanol–water partition coefficient (Wildman–Crippen LogP) is 2.18. The molecule has 5 atom stereocenters. The monoisotopic (exact) mass is 496 g/mol. The van der Waals surface area contributed by atoms with E-state index >= 15 is 0 Å². The van der Waals surface area contributed by atoms with E-state index in [1.807, 2.05) is 38.1 Å². The Balaban J connectivity index is 1.27. The molecule has 3 aliphatic heterocycles. The number of benzene rings is 1. The molecule has 0 radical (unpaired) electrons. The number of amides is 2. The van der Waals surface area contributed by atoms with Gasteiger partial charge in [-0.05, 0) is 55.5 Å². The number of nitrogens with one attached hydrogen (secondary N) is 1. The van der Waals surface area contributed by atoms with Gasteiger partial charge in [-0.1, -0.05) is 27.2 Å². The van der Waals surface area contributed by atoms with Crippen LogP contribution in [0.15, 0.2) is 24.3 Å². The third-order valence-corrected chi connectivity index (χ3v) is 8.81. The molecule has 1 aromatic rings. The van der Waals surface area contributed by atoms with E-state index in [4.69, 9.17) is 4.74 Å². The lowest BCUT2D eigenvalue weighted by Crippen LogP contribution is -2.54. The second-order valence-electron chi connectivity index (χ2n) is 11.0. The number of carbonyl (C=O) groups is 3. The van der Waals surface area contributed by atoms with Crippen molar-refractivity contribution in [2.75, 3.05) is 50.8 Å². The first-order valence-corrected chi connectivity index (χ1v) is 13.7. The molecule has 8 heteroatoms. The Bertz CT molecular complexity index is 970. The first kappa shape index (κ1) is 25.2. The molecule has 4 aliphatic rings. The minimum Gasteiger partial charge on any atom is -0.369 e. The van der Waals surface area contributed by atoms with Crippen LogP contribution in [0.1, 0.15) is 50.4 Å². The first-order chi connectivity index (χ1) is 17.4. The van der Waals surface area contributed by atoms with E-state index in [-0.39, 0.29) is 42.1 Å². The van der Waals surface area contributed by atoms with Crippen LogP contribution < -0.4 is 10.2 Å². The van der Waals surface area contributed by atoms with Crippen molar-refractivity contribution in [3.8, 4) is 0 Å². The molecule has 8 nitrogen and oxygen atoms in total. The molecule has 1 N–H and O–H groups in total. The number of piperazine rings is 1. The standard InChI is InChI=1S/C28H40N4O4/c1-4-18(3)24(28(35)32-16-22(19-6-7-19)26-25(32)23(33)17-36-26)29-27(34)20-8-10-21(11-9-20)31-14-12-30(5-2)13-15-31/h8-11,18-19,22,24-26H,4-7,12-17H2,1-3H3,(H,29,34)/t18-,22-,24-,25+,26+/m0/s1. The molecule has 1 aromatic carbocycles. The summed E-state index contributed by atoms with van der Waals surface area (Å²) >= 11 is 0. The van der Waals surface area contributed by atoms with Crippen molar-refractivity contribution in [1.29, 1.82) is 0 Å². The molecule has 0 aromatic heterocycles. The number of fused-ring (bicyclic) bond motifs is 1. The number of hydrogen-bond acceptors (Lipinski definition) is 6. The summed E-state index contributed by atoms with van der Waals surface area (Å²) < 4.78 is 5.84. The summed E-state index contributed by atoms with van der Waals surface area (Å²) in [6.45, 7) is 12.0. The van der Waals surface area contributed by atoms with Gasteiger partial charge >= 0.3 is 0 Å². The summed E-state index contributed by atoms with van der Waals surface area (Å²) in [7, 11) is 0. The van der Waals surface area contributed by atoms with E-state index in [0.717, 1.165) is 57.7 Å². The zero-order valence-corrected chi connectivity index (χ0v) is 21.8. The minimum absolute atomic E-state index is 0.0129. The van der Waals surface area contributed by atoms with Crippen LogP contribution >= 0.6 is 0 Å². The lowest BCUT2D eigenvalue weighted by atomic mass is 9.96. The SMILES string of the molecule is CC[C@H](C)[C@H](NC(=O)c1ccc(N2CCN(CC)CC2)cc1)C(=O)N1C[C@@H](C2CC2)[C@H]2OCC(=O)[C@H]21. The summed E-state index contributed by atoms with van der Waals surface area (Å²) in [5.41, 5.74) is 1.66. The molecule has 4 fully saturated rings. The second-order valence-corrected chi connectivity index (χ2v) is 11.0. The number of ether oxygens (including phenoxy) is 1. The zero-order valence-electron chi connectivity index (χ0n) is 21.8. The fourth-order valence-corrected chi connectivity index (χ4v) is 6.09. The van der Waals surface area contributed by atoms with E-state index in [1.54, 1.807) is 4.90 Å². The number of likely N-dealkylation sites (N-methyl/N-ethyl adjacent to an activating group) is 1. The predicted molar refractivity (Wildman–Crippen MR) is 138 cm³/mol. The molecule has 3 heterocycles. The zero-order chi connectivity index (χ0) is 25.4. The van der Waals surface area contributed by atoms with E-state index in [9.17, 15) is 14.4 Å². The average molecular weight is 497 g/mol. The summed E-state index contributed by atoms with van der Waals surface area (Å²) in [6, 6.07) is 6.51. The number of likely N-dealkylation sites (tertiary alicyclic amines) is 1. The van der Waals surface area contributed by atoms with Crippen LogP contribution in [-0.4, -0.2) is 91.5 Å². The smallest absolute Gasteiger partial charge is 0.251 e. The molecule has 2 amide bonds. The molecular weight excluding hydrogens is 456 g/mol. The van der Waals surface area contributed by atoms with Gasteiger partial charge in [0.2, 0.25) is 5.91 Å². The third kappa shape index (κ3) is 4.90. The highest BCUT2D eigenvalue weighted by molar-refractivity contribution is 5.99. The molecule has 1 aliphatic carbocycles. The summed E-state index contributed by atoms with van der Waals surface area (Å²) in [5.74, 6) is 0.304. The second kappa shape index (κ2) is 10.5. The molecule has 196 valence electrons. The highest BCUT2D eigenvalue weighted by Gasteiger charge is 2.56. The summed E-state index contributed by atoms with van der Waals surface area (Å²) in [6.07, 6.45) is 2.85. The largest absolute Gasteiger partial charge is 0.369 e. The van der Waals surface area contributed by atoms with Gasteiger partial charge in [0.05, 0.1) is 6.10 Å². The molecule has 1 saturated carbocycles. The van der Waals surface area contributed by atoms with Crippen molar-refractivity contribution in [2.24, 2.45) is 17.8 Å². The van der Waals surface area contributed by atoms with Crippen molar-refractivity contribution in [1.82, 2.24) is 15.1 Å². The van der Waals surface area contributed by atoms with Gasteiger partial charge in [-0.15, -0.1) is 0 Å². The molecule has 3 saturated heterocycles. The lowest BCUT2D eigenvalue weighted by Gasteiger charge is -2.35. The van der Waals surface area contributed by atoms with Crippen molar-refractivity contribution in [2.45, 2.75) is 58.2 Å². The maximum absolute atomic E-state index is 13.8. The van der Waals surface area contributed by atoms with Crippen LogP contribution in [0.2, 0.25) is 0 Å². The Hall–Kier alpha value is -2.45. The first-order valence-electron chi connectivity index (χ1n) is 13.7. The third-order valence-electron chi connectivity index (χ3n) is 8.81. The number of anilines is 1. The summed E-state index contributed by atoms with van der Waals surface area (Å²) in [4.78, 5) is 46.2. The minimum atomic E-state index is -0.670. The maximum atomic E-state index is 13.8. The van der Waals surface area contributed by atoms with Crippen molar-refractivity contribution >= 4 is 23.3 Å². The Morgan fingerprint density at radius 1 is 1.08 bits per heavy atom. The Morgan fingerprint density at radius 3 is 2.39 bits per heavy atom. The topological polar surface area (TPSA) is 82.2 Å². The van der Waals surface area contributed by atoms with Gasteiger partial charge in [0, 0.05) is 49.9 Å². The van der Waals surface area contributed by atoms with Crippen LogP contribution in [0.25, 0.3) is 0 Å². The molecule has 0 unspecified atom stereocenters. The number of hydrogen-bond donors (Lipinski definition) is 1. The quantitative estimate of drug-likeness (QED) is 0.594. The highest BCUT2D eigenvalue weighted by atomic mass is 16.5. The van der Waals surface area contributed by atoms with Crippen LogP contribution in [0.3, 0.4) is 0 Å². The van der Waals surface area contributed by atoms with Gasteiger partial charge in [-0.25, -0.2) is 0 Å². The number of Topliss-reactive ketones (excluding diaryl/α,β-unsaturated/α-hetero) is 1. The number of rotatable bonds is 8. The van der Waals surface area contributed by atoms with Gasteiger partial charge in [0.25, 0.3) is 5.91 Å². The number of nitrogens with zero attached hydrogens (tertiary/aromatic N) is 3. The average Bonchev–Trinajstić information content (AvgIpc) is 3.58. The van der Waals surface area contributed by atoms with Crippen molar-refractivity contribution in [3.05, 3.63) is 29.8 Å². The van der Waals surface area contributed by atoms with Gasteiger partial charge < -0.3 is 24.8 Å². The molecule has 36 heavy (non-hydrogen) atoms. The Morgan fingerprint density at radius 2 is 1.78 bits per heavy atom. The maximum Gasteiger partial charge on any atom is 0.251 e. The van der Waals surface area contributed by atoms with Crippen LogP contribution in [-0.2, 0) is 14.3 Å². The van der Waals surface area contributed by atoms with Crippen molar-refractivity contribution < 1.29 is 19.1 Å². The number of carbonyl (C=O) groups excluding carboxylic acids is 3. The Labute approximate surface area is 214 Å². The van der Waals surface area contributed by atoms with Gasteiger partial charge in [0.15, 0.2) is 5.78 Å². The molecular formula is C28H40N4O4. The van der Waals surface area contributed by atoms with E-state index in [0.29, 0.717) is 18.0 Å². The van der Waals surface area contributed by atoms with Gasteiger partial charge in [-0.2, -0.15) is 0 Å². The molecule has 0 spiro atoms. The van der Waals surface area contributed by atoms with E-state index < -0.39 is 12.1 Å². The van der Waals surface area contributed by atoms with E-state index in [1.165, 1.54) is 0 Å². The summed E-state index contributed by atoms with van der Waals surface area (Å²) in [5, 5.41) is 3.02. The van der Waals surface area contributed by atoms with E-state index in [2.05, 4.69) is 22.0 Å². The molecule has 0 bridgehead atoms. The lowest BCUT2D eigenvalue weighted by molar-refractivity contribution is -0.139. The van der Waals surface area contributed by atoms with Crippen LogP contribution in [0.5, 0.6) is 0 Å². The van der Waals surface area contributed by atoms with Gasteiger partial charge in [0.1, 0.15) is 18.7 Å². The van der Waals surface area contributed by atoms with Gasteiger partial charge in [-0.3, -0.25) is 14.4 Å². The fourth-order valence-electron chi connectivity index (χ4n) is 6.09. The highest BCUT2D eigenvalue weighted by Crippen LogP contribution is 2.46. The number of ketones is 1. The fraction of sp³-hybridized carbons (Fsp3) is 0.679. The Kier molecular flexibility index (Phi) is 7.35. The van der Waals surface area contributed by atoms with Crippen molar-refractivity contribution in [3.63, 3.8) is 0 Å². The normalized spacial score (nSPS) is 28.2. The molecule has 5 rings (SSSR count). The van der Waals surface area contributed by atoms with Crippen LogP contribution in [0.4, 0.5) is 5.69 Å².